The van der Waals surface area contributed by atoms with Crippen molar-refractivity contribution in [3.05, 3.63) is 47.7 Å². The van der Waals surface area contributed by atoms with Crippen molar-refractivity contribution < 1.29 is 23.9 Å². The lowest BCUT2D eigenvalue weighted by molar-refractivity contribution is -0.152. The van der Waals surface area contributed by atoms with Crippen LogP contribution in [0.4, 0.5) is 0 Å². The number of imide groups is 1. The SMILES string of the molecule is CCc1cccc2c(C(=O)COC(=O)CN3C(=O)[C@@H]4CC=CC[C@H]4C3=O)c[nH]c12. The number of likely N-dealkylation sites (tertiary alicyclic amines) is 1. The number of amides is 2. The van der Waals surface area contributed by atoms with E-state index in [4.69, 9.17) is 4.74 Å². The molecule has 0 saturated carbocycles. The zero-order chi connectivity index (χ0) is 20.5. The number of benzene rings is 1. The maximum atomic E-state index is 12.5. The molecule has 2 aliphatic rings. The molecule has 1 saturated heterocycles. The van der Waals surface area contributed by atoms with Gasteiger partial charge < -0.3 is 9.72 Å². The van der Waals surface area contributed by atoms with Crippen molar-refractivity contribution in [2.24, 2.45) is 11.8 Å². The summed E-state index contributed by atoms with van der Waals surface area (Å²) in [5, 5.41) is 0.784. The quantitative estimate of drug-likeness (QED) is 0.351. The molecule has 0 unspecified atom stereocenters. The van der Waals surface area contributed by atoms with E-state index >= 15 is 0 Å². The Morgan fingerprint density at radius 2 is 1.83 bits per heavy atom. The molecule has 29 heavy (non-hydrogen) atoms. The molecular weight excluding hydrogens is 372 g/mol. The normalized spacial score (nSPS) is 20.9. The molecule has 0 radical (unpaired) electrons. The Morgan fingerprint density at radius 1 is 1.14 bits per heavy atom. The number of carbonyl (C=O) groups excluding carboxylic acids is 4. The van der Waals surface area contributed by atoms with Gasteiger partial charge in [0.2, 0.25) is 17.6 Å². The first-order chi connectivity index (χ1) is 14.0. The van der Waals surface area contributed by atoms with Crippen LogP contribution in [-0.2, 0) is 25.5 Å². The van der Waals surface area contributed by atoms with Gasteiger partial charge in [-0.1, -0.05) is 37.3 Å². The number of hydrogen-bond donors (Lipinski definition) is 1. The molecule has 1 fully saturated rings. The molecule has 1 N–H and O–H groups in total. The van der Waals surface area contributed by atoms with Crippen LogP contribution in [0, 0.1) is 11.8 Å². The average molecular weight is 394 g/mol. The number of allylic oxidation sites excluding steroid dienone is 2. The summed E-state index contributed by atoms with van der Waals surface area (Å²) >= 11 is 0. The maximum Gasteiger partial charge on any atom is 0.326 e. The van der Waals surface area contributed by atoms with Crippen molar-refractivity contribution in [2.45, 2.75) is 26.2 Å². The average Bonchev–Trinajstić information content (AvgIpc) is 3.28. The Balaban J connectivity index is 1.38. The lowest BCUT2D eigenvalue weighted by atomic mass is 9.85. The van der Waals surface area contributed by atoms with Gasteiger partial charge in [0, 0.05) is 22.7 Å². The second kappa shape index (κ2) is 7.66. The summed E-state index contributed by atoms with van der Waals surface area (Å²) < 4.78 is 5.08. The van der Waals surface area contributed by atoms with Crippen molar-refractivity contribution in [3.8, 4) is 0 Å². The molecule has 2 aromatic rings. The van der Waals surface area contributed by atoms with Crippen molar-refractivity contribution in [1.29, 1.82) is 0 Å². The maximum absolute atomic E-state index is 12.5. The highest BCUT2D eigenvalue weighted by Gasteiger charge is 2.47. The second-order valence-electron chi connectivity index (χ2n) is 7.40. The van der Waals surface area contributed by atoms with E-state index in [9.17, 15) is 19.2 Å². The third-order valence-electron chi connectivity index (χ3n) is 5.73. The first-order valence-electron chi connectivity index (χ1n) is 9.79. The number of nitrogens with one attached hydrogen (secondary N) is 1. The zero-order valence-electron chi connectivity index (χ0n) is 16.1. The van der Waals surface area contributed by atoms with E-state index in [-0.39, 0.29) is 29.4 Å². The third-order valence-corrected chi connectivity index (χ3v) is 5.73. The van der Waals surface area contributed by atoms with E-state index in [0.29, 0.717) is 18.4 Å². The first kappa shape index (κ1) is 19.1. The predicted molar refractivity (Wildman–Crippen MR) is 105 cm³/mol. The number of para-hydroxylation sites is 1. The number of rotatable bonds is 6. The molecular formula is C22H22N2O5. The Morgan fingerprint density at radius 3 is 2.48 bits per heavy atom. The van der Waals surface area contributed by atoms with Crippen LogP contribution in [0.5, 0.6) is 0 Å². The molecule has 0 bridgehead atoms. The van der Waals surface area contributed by atoms with E-state index in [1.807, 2.05) is 37.3 Å². The van der Waals surface area contributed by atoms with Gasteiger partial charge in [0.15, 0.2) is 6.61 Å². The van der Waals surface area contributed by atoms with Crippen LogP contribution in [0.2, 0.25) is 0 Å². The number of hydrogen-bond acceptors (Lipinski definition) is 5. The van der Waals surface area contributed by atoms with E-state index in [2.05, 4.69) is 4.98 Å². The van der Waals surface area contributed by atoms with E-state index in [1.165, 1.54) is 0 Å². The number of H-pyrrole nitrogens is 1. The predicted octanol–water partition coefficient (Wildman–Crippen LogP) is 2.41. The highest BCUT2D eigenvalue weighted by Crippen LogP contribution is 2.34. The molecule has 2 heterocycles. The minimum atomic E-state index is -0.763. The van der Waals surface area contributed by atoms with Gasteiger partial charge in [-0.15, -0.1) is 0 Å². The number of ketones is 1. The summed E-state index contributed by atoms with van der Waals surface area (Å²) in [7, 11) is 0. The van der Waals surface area contributed by atoms with E-state index in [1.54, 1.807) is 6.20 Å². The van der Waals surface area contributed by atoms with Crippen LogP contribution in [0.25, 0.3) is 10.9 Å². The van der Waals surface area contributed by atoms with Crippen LogP contribution in [0.3, 0.4) is 0 Å². The van der Waals surface area contributed by atoms with Gasteiger partial charge in [-0.25, -0.2) is 0 Å². The van der Waals surface area contributed by atoms with Crippen LogP contribution in [-0.4, -0.2) is 46.6 Å². The number of fused-ring (bicyclic) bond motifs is 2. The molecule has 0 spiro atoms. The second-order valence-corrected chi connectivity index (χ2v) is 7.40. The lowest BCUT2D eigenvalue weighted by Crippen LogP contribution is -2.37. The summed E-state index contributed by atoms with van der Waals surface area (Å²) in [4.78, 5) is 53.6. The number of aromatic amines is 1. The molecule has 1 aliphatic heterocycles. The van der Waals surface area contributed by atoms with Gasteiger partial charge in [-0.3, -0.25) is 24.1 Å². The number of ether oxygens (including phenoxy) is 1. The fourth-order valence-corrected chi connectivity index (χ4v) is 4.17. The van der Waals surface area contributed by atoms with Gasteiger partial charge in [0.05, 0.1) is 11.8 Å². The zero-order valence-corrected chi connectivity index (χ0v) is 16.1. The fraction of sp³-hybridized carbons (Fsp3) is 0.364. The summed E-state index contributed by atoms with van der Waals surface area (Å²) in [5.41, 5.74) is 2.45. The number of aryl methyl sites for hydroxylation is 1. The minimum Gasteiger partial charge on any atom is -0.456 e. The number of Topliss-reactive ketones (excluding diaryl/α,β-unsaturated/α-hetero) is 1. The Kier molecular flexibility index (Phi) is 5.05. The van der Waals surface area contributed by atoms with Gasteiger partial charge in [0.25, 0.3) is 0 Å². The summed E-state index contributed by atoms with van der Waals surface area (Å²) in [6.45, 7) is 1.14. The van der Waals surface area contributed by atoms with Crippen molar-refractivity contribution in [1.82, 2.24) is 9.88 Å². The van der Waals surface area contributed by atoms with Crippen molar-refractivity contribution >= 4 is 34.5 Å². The van der Waals surface area contributed by atoms with Crippen molar-refractivity contribution in [3.63, 3.8) is 0 Å². The van der Waals surface area contributed by atoms with Crippen LogP contribution in [0.15, 0.2) is 36.5 Å². The number of aromatic nitrogens is 1. The van der Waals surface area contributed by atoms with Gasteiger partial charge in [-0.05, 0) is 24.8 Å². The van der Waals surface area contributed by atoms with Gasteiger partial charge in [-0.2, -0.15) is 0 Å². The van der Waals surface area contributed by atoms with Crippen LogP contribution in [0.1, 0.15) is 35.7 Å². The van der Waals surface area contributed by atoms with E-state index < -0.39 is 19.1 Å². The smallest absolute Gasteiger partial charge is 0.326 e. The molecule has 150 valence electrons. The first-order valence-corrected chi connectivity index (χ1v) is 9.79. The highest BCUT2D eigenvalue weighted by atomic mass is 16.5. The molecule has 2 atom stereocenters. The van der Waals surface area contributed by atoms with Crippen LogP contribution >= 0.6 is 0 Å². The topological polar surface area (TPSA) is 96.5 Å². The molecule has 1 aromatic heterocycles. The number of esters is 1. The Hall–Kier alpha value is -3.22. The number of nitrogens with zero attached hydrogens (tertiary/aromatic N) is 1. The largest absolute Gasteiger partial charge is 0.456 e. The third kappa shape index (κ3) is 3.37. The highest BCUT2D eigenvalue weighted by molar-refractivity contribution is 6.10. The number of carbonyl (C=O) groups is 4. The van der Waals surface area contributed by atoms with Crippen LogP contribution < -0.4 is 0 Å². The lowest BCUT2D eigenvalue weighted by Gasteiger charge is -2.14. The summed E-state index contributed by atoms with van der Waals surface area (Å²) in [5.74, 6) is -2.55. The summed E-state index contributed by atoms with van der Waals surface area (Å²) in [6.07, 6.45) is 7.25. The molecule has 2 amide bonds. The molecule has 1 aromatic carbocycles. The van der Waals surface area contributed by atoms with Gasteiger partial charge in [0.1, 0.15) is 6.54 Å². The Labute approximate surface area is 167 Å². The standard InChI is InChI=1S/C22H22N2O5/c1-2-13-6-5-9-14-17(10-23-20(13)14)18(25)12-29-19(26)11-24-21(27)15-7-3-4-8-16(15)22(24)28/h3-6,9-10,15-16,23H,2,7-8,11-12H2,1H3/t15-,16-/m1/s1. The summed E-state index contributed by atoms with van der Waals surface area (Å²) in [6, 6.07) is 5.72. The fourth-order valence-electron chi connectivity index (χ4n) is 4.17. The van der Waals surface area contributed by atoms with E-state index in [0.717, 1.165) is 27.8 Å². The van der Waals surface area contributed by atoms with Crippen molar-refractivity contribution in [2.75, 3.05) is 13.2 Å². The van der Waals surface area contributed by atoms with Gasteiger partial charge >= 0.3 is 5.97 Å². The molecule has 4 rings (SSSR count). The minimum absolute atomic E-state index is 0.337. The molecule has 7 nitrogen and oxygen atoms in total. The molecule has 7 heteroatoms. The monoisotopic (exact) mass is 394 g/mol. The Bertz CT molecular complexity index is 1010. The molecule has 1 aliphatic carbocycles.